The number of nitrogens with zero attached hydrogens (tertiary/aromatic N) is 3. The van der Waals surface area contributed by atoms with Gasteiger partial charge in [-0.25, -0.2) is 0 Å². The van der Waals surface area contributed by atoms with Crippen LogP contribution in [0.4, 0.5) is 0 Å². The number of hydrogen-bond donors (Lipinski definition) is 0. The fourth-order valence-electron chi connectivity index (χ4n) is 8.34. The average Bonchev–Trinajstić information content (AvgIpc) is 3.80. The summed E-state index contributed by atoms with van der Waals surface area (Å²) in [5, 5.41) is 10.1. The quantitative estimate of drug-likeness (QED) is 0.186. The molecule has 3 nitrogen and oxygen atoms in total. The molecule has 3 aromatic heterocycles. The highest BCUT2D eigenvalue weighted by molar-refractivity contribution is 6.25. The van der Waals surface area contributed by atoms with Gasteiger partial charge in [0.25, 0.3) is 0 Å². The van der Waals surface area contributed by atoms with Crippen LogP contribution in [-0.4, -0.2) is 13.7 Å². The van der Waals surface area contributed by atoms with Gasteiger partial charge < -0.3 is 13.7 Å². The molecule has 0 aliphatic heterocycles. The maximum atomic E-state index is 2.45. The summed E-state index contributed by atoms with van der Waals surface area (Å²) < 4.78 is 7.24. The van der Waals surface area contributed by atoms with Crippen LogP contribution in [-0.2, 0) is 0 Å². The topological polar surface area (TPSA) is 14.8 Å². The van der Waals surface area contributed by atoms with E-state index < -0.39 is 0 Å². The second kappa shape index (κ2) is 9.96. The lowest BCUT2D eigenvalue weighted by atomic mass is 10.0. The first-order valence-electron chi connectivity index (χ1n) is 16.9. The fourth-order valence-corrected chi connectivity index (χ4v) is 8.34. The monoisotopic (exact) mass is 623 g/mol. The lowest BCUT2D eigenvalue weighted by Crippen LogP contribution is -1.95. The highest BCUT2D eigenvalue weighted by Crippen LogP contribution is 2.42. The largest absolute Gasteiger partial charge is 0.309 e. The van der Waals surface area contributed by atoms with Crippen molar-refractivity contribution in [3.63, 3.8) is 0 Å². The van der Waals surface area contributed by atoms with E-state index in [0.29, 0.717) is 0 Å². The van der Waals surface area contributed by atoms with Crippen LogP contribution in [0.5, 0.6) is 0 Å². The van der Waals surface area contributed by atoms with Gasteiger partial charge in [-0.3, -0.25) is 0 Å². The van der Waals surface area contributed by atoms with Crippen molar-refractivity contribution in [2.75, 3.05) is 0 Å². The molecule has 11 rings (SSSR count). The van der Waals surface area contributed by atoms with Crippen molar-refractivity contribution < 1.29 is 0 Å². The molecule has 0 unspecified atom stereocenters. The summed E-state index contributed by atoms with van der Waals surface area (Å²) in [6.07, 6.45) is 0. The molecule has 0 aliphatic carbocycles. The third-order valence-corrected chi connectivity index (χ3v) is 10.4. The van der Waals surface area contributed by atoms with E-state index in [2.05, 4.69) is 190 Å². The van der Waals surface area contributed by atoms with Crippen molar-refractivity contribution in [3.8, 4) is 17.1 Å². The van der Waals surface area contributed by atoms with E-state index in [1.54, 1.807) is 0 Å². The third kappa shape index (κ3) is 3.67. The smallest absolute Gasteiger partial charge is 0.0547 e. The molecule has 3 heteroatoms. The van der Waals surface area contributed by atoms with Gasteiger partial charge in [0, 0.05) is 49.4 Å². The van der Waals surface area contributed by atoms with Gasteiger partial charge in [0.2, 0.25) is 0 Å². The molecular formula is C46H29N3. The lowest BCUT2D eigenvalue weighted by molar-refractivity contribution is 1.17. The number of fused-ring (bicyclic) bond motifs is 11. The zero-order chi connectivity index (χ0) is 32.1. The Morgan fingerprint density at radius 2 is 0.714 bits per heavy atom. The molecule has 0 atom stereocenters. The number of para-hydroxylation sites is 5. The highest BCUT2D eigenvalue weighted by Gasteiger charge is 2.19. The summed E-state index contributed by atoms with van der Waals surface area (Å²) in [5.74, 6) is 0. The first-order chi connectivity index (χ1) is 24.3. The van der Waals surface area contributed by atoms with Gasteiger partial charge in [0.1, 0.15) is 0 Å². The van der Waals surface area contributed by atoms with Crippen LogP contribution in [0.3, 0.4) is 0 Å². The molecule has 0 saturated heterocycles. The molecule has 0 fully saturated rings. The highest BCUT2D eigenvalue weighted by atomic mass is 15.0. The van der Waals surface area contributed by atoms with Crippen LogP contribution in [0.25, 0.3) is 93.3 Å². The maximum Gasteiger partial charge on any atom is 0.0547 e. The van der Waals surface area contributed by atoms with Gasteiger partial charge in [-0.2, -0.15) is 0 Å². The van der Waals surface area contributed by atoms with E-state index >= 15 is 0 Å². The van der Waals surface area contributed by atoms with Crippen LogP contribution < -0.4 is 0 Å². The molecule has 0 bridgehead atoms. The SMILES string of the molecule is c1ccc(-n2c3ccccc3c3cc(-n4c5ccccc5c5cc6c(ccc7c6c6ccccc6n7-c6ccccc6)cc54)ccc32)cc1. The van der Waals surface area contributed by atoms with E-state index in [4.69, 9.17) is 0 Å². The van der Waals surface area contributed by atoms with Crippen LogP contribution in [0.2, 0.25) is 0 Å². The number of aromatic nitrogens is 3. The average molecular weight is 624 g/mol. The van der Waals surface area contributed by atoms with Crippen LogP contribution in [0.1, 0.15) is 0 Å². The molecule has 0 aliphatic rings. The van der Waals surface area contributed by atoms with Crippen LogP contribution in [0.15, 0.2) is 176 Å². The Morgan fingerprint density at radius 3 is 1.37 bits per heavy atom. The zero-order valence-electron chi connectivity index (χ0n) is 26.6. The molecule has 0 amide bonds. The second-order valence-electron chi connectivity index (χ2n) is 13.0. The van der Waals surface area contributed by atoms with Crippen molar-refractivity contribution in [2.24, 2.45) is 0 Å². The van der Waals surface area contributed by atoms with Crippen LogP contribution in [0, 0.1) is 0 Å². The van der Waals surface area contributed by atoms with Gasteiger partial charge in [-0.15, -0.1) is 0 Å². The van der Waals surface area contributed by atoms with E-state index in [1.165, 1.54) is 87.6 Å². The Hall–Kier alpha value is -6.58. The lowest BCUT2D eigenvalue weighted by Gasteiger charge is -2.11. The molecule has 0 spiro atoms. The summed E-state index contributed by atoms with van der Waals surface area (Å²) in [6.45, 7) is 0. The second-order valence-corrected chi connectivity index (χ2v) is 13.0. The molecule has 0 radical (unpaired) electrons. The molecule has 0 N–H and O–H groups in total. The minimum atomic E-state index is 1.16. The van der Waals surface area contributed by atoms with Crippen molar-refractivity contribution in [2.45, 2.75) is 0 Å². The van der Waals surface area contributed by atoms with Crippen molar-refractivity contribution in [3.05, 3.63) is 176 Å². The van der Waals surface area contributed by atoms with Gasteiger partial charge in [-0.1, -0.05) is 97.1 Å². The molecule has 228 valence electrons. The molecule has 11 aromatic rings. The minimum absolute atomic E-state index is 1.16. The normalized spacial score (nSPS) is 12.1. The minimum Gasteiger partial charge on any atom is -0.309 e. The molecule has 49 heavy (non-hydrogen) atoms. The third-order valence-electron chi connectivity index (χ3n) is 10.4. The van der Waals surface area contributed by atoms with E-state index in [1.807, 2.05) is 0 Å². The Labute approximate surface area is 282 Å². The summed E-state index contributed by atoms with van der Waals surface area (Å²) >= 11 is 0. The fraction of sp³-hybridized carbons (Fsp3) is 0. The van der Waals surface area contributed by atoms with Gasteiger partial charge >= 0.3 is 0 Å². The van der Waals surface area contributed by atoms with E-state index in [-0.39, 0.29) is 0 Å². The number of hydrogen-bond acceptors (Lipinski definition) is 0. The Bertz CT molecular complexity index is 3090. The summed E-state index contributed by atoms with van der Waals surface area (Å²) in [5.41, 5.74) is 10.8. The Balaban J connectivity index is 1.22. The van der Waals surface area contributed by atoms with Crippen LogP contribution >= 0.6 is 0 Å². The molecule has 0 saturated carbocycles. The van der Waals surface area contributed by atoms with Crippen molar-refractivity contribution in [1.82, 2.24) is 13.7 Å². The molecule has 3 heterocycles. The van der Waals surface area contributed by atoms with E-state index in [9.17, 15) is 0 Å². The number of benzene rings is 8. The zero-order valence-corrected chi connectivity index (χ0v) is 26.6. The standard InChI is InChI=1S/C46H29N3/c1-3-13-31(14-4-1)47-40-20-10-7-17-34(40)38-28-33(24-26-43(38)47)49-41-21-11-8-18-35(41)39-29-37-30(27-45(39)49)23-25-44-46(37)36-19-9-12-22-42(36)48(44)32-15-5-2-6-16-32/h1-29H. The number of rotatable bonds is 3. The van der Waals surface area contributed by atoms with Crippen molar-refractivity contribution >= 4 is 76.2 Å². The van der Waals surface area contributed by atoms with Crippen molar-refractivity contribution in [1.29, 1.82) is 0 Å². The van der Waals surface area contributed by atoms with E-state index in [0.717, 1.165) is 5.69 Å². The summed E-state index contributed by atoms with van der Waals surface area (Å²) in [6, 6.07) is 64.2. The summed E-state index contributed by atoms with van der Waals surface area (Å²) in [4.78, 5) is 0. The first kappa shape index (κ1) is 26.5. The maximum absolute atomic E-state index is 2.45. The summed E-state index contributed by atoms with van der Waals surface area (Å²) in [7, 11) is 0. The first-order valence-corrected chi connectivity index (χ1v) is 16.9. The van der Waals surface area contributed by atoms with Gasteiger partial charge in [0.15, 0.2) is 0 Å². The molecule has 8 aromatic carbocycles. The van der Waals surface area contributed by atoms with Gasteiger partial charge in [-0.05, 0) is 89.6 Å². The Kier molecular flexibility index (Phi) is 5.38. The predicted octanol–water partition coefficient (Wildman–Crippen LogP) is 12.1. The van der Waals surface area contributed by atoms with Gasteiger partial charge in [0.05, 0.1) is 33.1 Å². The molecular weight excluding hydrogens is 595 g/mol. The predicted molar refractivity (Wildman–Crippen MR) is 207 cm³/mol. The Morgan fingerprint density at radius 1 is 0.245 bits per heavy atom.